The predicted octanol–water partition coefficient (Wildman–Crippen LogP) is 2.42. The van der Waals surface area contributed by atoms with Gasteiger partial charge in [-0.25, -0.2) is 5.06 Å². The summed E-state index contributed by atoms with van der Waals surface area (Å²) in [5.41, 5.74) is 0. The van der Waals surface area contributed by atoms with Crippen LogP contribution in [0.4, 0.5) is 0 Å². The standard InChI is InChI=1S/C11H19NO2.2C2H2.CH4O/c1-4-5-6-7-8-9-10-11(13)12(2)14-3;3*1-2/h4-6H,1,7-10H2,2-3H3;2*1-2H;2H,1H3/b6-5+;;;. The summed E-state index contributed by atoms with van der Waals surface area (Å²) in [4.78, 5) is 16.0. The highest BCUT2D eigenvalue weighted by molar-refractivity contribution is 5.74. The first-order valence-electron chi connectivity index (χ1n) is 5.92. The van der Waals surface area contributed by atoms with Crippen LogP contribution in [0.3, 0.4) is 0 Å². The minimum Gasteiger partial charge on any atom is -0.400 e. The Labute approximate surface area is 124 Å². The molecule has 0 aromatic heterocycles. The molecule has 0 saturated carbocycles. The highest BCUT2D eigenvalue weighted by Crippen LogP contribution is 2.03. The van der Waals surface area contributed by atoms with Crippen molar-refractivity contribution < 1.29 is 14.7 Å². The maximum atomic E-state index is 11.2. The van der Waals surface area contributed by atoms with Crippen LogP contribution in [-0.2, 0) is 9.63 Å². The van der Waals surface area contributed by atoms with Crippen LogP contribution in [0.5, 0.6) is 0 Å². The van der Waals surface area contributed by atoms with Crippen molar-refractivity contribution >= 4 is 5.91 Å². The van der Waals surface area contributed by atoms with E-state index in [1.165, 1.54) is 12.2 Å². The van der Waals surface area contributed by atoms with E-state index in [1.807, 2.05) is 6.08 Å². The maximum absolute atomic E-state index is 11.2. The third-order valence-electron chi connectivity index (χ3n) is 1.91. The van der Waals surface area contributed by atoms with Crippen molar-refractivity contribution in [2.75, 3.05) is 21.3 Å². The summed E-state index contributed by atoms with van der Waals surface area (Å²) >= 11 is 0. The lowest BCUT2D eigenvalue weighted by Crippen LogP contribution is -2.24. The number of carbonyl (C=O) groups is 1. The smallest absolute Gasteiger partial charge is 0.245 e. The van der Waals surface area contributed by atoms with Gasteiger partial charge in [-0.3, -0.25) is 9.63 Å². The largest absolute Gasteiger partial charge is 0.400 e. The average Bonchev–Trinajstić information content (AvgIpc) is 2.55. The Morgan fingerprint density at radius 1 is 1.25 bits per heavy atom. The van der Waals surface area contributed by atoms with Crippen LogP contribution < -0.4 is 0 Å². The first-order valence-corrected chi connectivity index (χ1v) is 5.92. The molecule has 4 nitrogen and oxygen atoms in total. The Balaban J connectivity index is -0.000000187. The van der Waals surface area contributed by atoms with Crippen molar-refractivity contribution in [2.45, 2.75) is 25.7 Å². The van der Waals surface area contributed by atoms with Gasteiger partial charge >= 0.3 is 0 Å². The van der Waals surface area contributed by atoms with E-state index in [-0.39, 0.29) is 5.91 Å². The van der Waals surface area contributed by atoms with E-state index in [0.717, 1.165) is 26.4 Å². The van der Waals surface area contributed by atoms with Gasteiger partial charge in [-0.1, -0.05) is 24.8 Å². The van der Waals surface area contributed by atoms with Gasteiger partial charge in [0.1, 0.15) is 0 Å². The minimum absolute atomic E-state index is 0.0280. The first-order chi connectivity index (χ1) is 9.72. The predicted molar refractivity (Wildman–Crippen MR) is 85.5 cm³/mol. The van der Waals surface area contributed by atoms with Crippen LogP contribution in [0.25, 0.3) is 0 Å². The summed E-state index contributed by atoms with van der Waals surface area (Å²) in [5.74, 6) is 0.0280. The number of hydrogen-bond donors (Lipinski definition) is 1. The lowest BCUT2D eigenvalue weighted by Gasteiger charge is -2.12. The molecule has 0 heterocycles. The fourth-order valence-electron chi connectivity index (χ4n) is 0.990. The molecule has 0 aliphatic heterocycles. The molecule has 4 heteroatoms. The van der Waals surface area contributed by atoms with Crippen LogP contribution in [0.2, 0.25) is 0 Å². The summed E-state index contributed by atoms with van der Waals surface area (Å²) in [6.45, 7) is 3.58. The molecule has 20 heavy (non-hydrogen) atoms. The van der Waals surface area contributed by atoms with Crippen LogP contribution in [-0.4, -0.2) is 37.3 Å². The number of nitrogens with zero attached hydrogens (tertiary/aromatic N) is 1. The fourth-order valence-corrected chi connectivity index (χ4v) is 0.990. The molecule has 0 aromatic carbocycles. The van der Waals surface area contributed by atoms with Gasteiger partial charge in [0, 0.05) is 20.6 Å². The number of rotatable bonds is 7. The fraction of sp³-hybridized carbons (Fsp3) is 0.438. The number of hydroxylamine groups is 2. The topological polar surface area (TPSA) is 49.8 Å². The molecule has 1 N–H and O–H groups in total. The van der Waals surface area contributed by atoms with E-state index in [9.17, 15) is 4.79 Å². The Morgan fingerprint density at radius 2 is 1.75 bits per heavy atom. The van der Waals surface area contributed by atoms with E-state index in [0.29, 0.717) is 6.42 Å². The number of aliphatic hydroxyl groups is 1. The highest BCUT2D eigenvalue weighted by atomic mass is 16.7. The Kier molecular flexibility index (Phi) is 40.1. The minimum atomic E-state index is 0.0280. The number of unbranched alkanes of at least 4 members (excludes halogenated alkanes) is 2. The van der Waals surface area contributed by atoms with Crippen molar-refractivity contribution in [3.8, 4) is 25.7 Å². The lowest BCUT2D eigenvalue weighted by atomic mass is 10.2. The number of allylic oxidation sites excluding steroid dienone is 3. The van der Waals surface area contributed by atoms with Crippen molar-refractivity contribution in [3.05, 3.63) is 24.8 Å². The third kappa shape index (κ3) is 25.0. The summed E-state index contributed by atoms with van der Waals surface area (Å²) in [6, 6.07) is 0. The van der Waals surface area contributed by atoms with Gasteiger partial charge in [-0.05, 0) is 19.3 Å². The van der Waals surface area contributed by atoms with E-state index >= 15 is 0 Å². The number of carbonyl (C=O) groups excluding carboxylic acids is 1. The van der Waals surface area contributed by atoms with Gasteiger partial charge in [0.2, 0.25) is 5.91 Å². The average molecular weight is 281 g/mol. The molecule has 0 radical (unpaired) electrons. The van der Waals surface area contributed by atoms with E-state index in [1.54, 1.807) is 13.1 Å². The van der Waals surface area contributed by atoms with Gasteiger partial charge in [0.05, 0.1) is 7.11 Å². The summed E-state index contributed by atoms with van der Waals surface area (Å²) in [7, 11) is 4.12. The normalized spacial score (nSPS) is 7.80. The monoisotopic (exact) mass is 281 g/mol. The Hall–Kier alpha value is -2.01. The van der Waals surface area contributed by atoms with Crippen molar-refractivity contribution in [2.24, 2.45) is 0 Å². The van der Waals surface area contributed by atoms with Gasteiger partial charge in [-0.2, -0.15) is 0 Å². The molecular formula is C16H27NO3. The van der Waals surface area contributed by atoms with E-state index in [2.05, 4.69) is 38.3 Å². The van der Waals surface area contributed by atoms with E-state index < -0.39 is 0 Å². The SMILES string of the molecule is C#C.C#C.C=C/C=C/CCCCC(=O)N(C)OC.CO. The van der Waals surface area contributed by atoms with Gasteiger partial charge in [-0.15, -0.1) is 25.7 Å². The second-order valence-corrected chi connectivity index (χ2v) is 2.98. The Bertz CT molecular complexity index is 261. The van der Waals surface area contributed by atoms with Crippen molar-refractivity contribution in [3.63, 3.8) is 0 Å². The van der Waals surface area contributed by atoms with E-state index in [4.69, 9.17) is 9.94 Å². The Morgan fingerprint density at radius 3 is 2.15 bits per heavy atom. The molecule has 1 amide bonds. The van der Waals surface area contributed by atoms with Crippen molar-refractivity contribution in [1.29, 1.82) is 0 Å². The second-order valence-electron chi connectivity index (χ2n) is 2.98. The van der Waals surface area contributed by atoms with Gasteiger partial charge in [0.25, 0.3) is 0 Å². The van der Waals surface area contributed by atoms with Crippen LogP contribution >= 0.6 is 0 Å². The summed E-state index contributed by atoms with van der Waals surface area (Å²) in [5, 5.41) is 8.26. The lowest BCUT2D eigenvalue weighted by molar-refractivity contribution is -0.168. The zero-order valence-corrected chi connectivity index (χ0v) is 12.8. The summed E-state index contributed by atoms with van der Waals surface area (Å²) in [6.07, 6.45) is 25.2. The molecule has 0 spiro atoms. The number of hydrogen-bond acceptors (Lipinski definition) is 3. The zero-order valence-electron chi connectivity index (χ0n) is 12.8. The summed E-state index contributed by atoms with van der Waals surface area (Å²) < 4.78 is 0. The number of terminal acetylenes is 2. The molecule has 0 atom stereocenters. The maximum Gasteiger partial charge on any atom is 0.245 e. The highest BCUT2D eigenvalue weighted by Gasteiger charge is 2.05. The quantitative estimate of drug-likeness (QED) is 0.337. The van der Waals surface area contributed by atoms with Crippen LogP contribution in [0, 0.1) is 25.7 Å². The zero-order chi connectivity index (χ0) is 16.8. The molecule has 114 valence electrons. The molecule has 0 rings (SSSR count). The van der Waals surface area contributed by atoms with Crippen LogP contribution in [0.15, 0.2) is 24.8 Å². The first kappa shape index (κ1) is 26.5. The number of aliphatic hydroxyl groups excluding tert-OH is 1. The molecule has 0 fully saturated rings. The number of amides is 1. The second kappa shape index (κ2) is 30.2. The third-order valence-corrected chi connectivity index (χ3v) is 1.91. The molecule has 0 saturated heterocycles. The van der Waals surface area contributed by atoms with Gasteiger partial charge in [0.15, 0.2) is 0 Å². The molecule has 0 aromatic rings. The molecule has 0 bridgehead atoms. The van der Waals surface area contributed by atoms with Crippen molar-refractivity contribution in [1.82, 2.24) is 5.06 Å². The van der Waals surface area contributed by atoms with Crippen LogP contribution in [0.1, 0.15) is 25.7 Å². The molecular weight excluding hydrogens is 254 g/mol. The molecule has 0 unspecified atom stereocenters. The molecule has 0 aliphatic rings. The molecule has 0 aliphatic carbocycles. The van der Waals surface area contributed by atoms with Gasteiger partial charge < -0.3 is 5.11 Å².